The number of rotatable bonds is 8. The molecule has 0 aliphatic heterocycles. The predicted octanol–water partition coefficient (Wildman–Crippen LogP) is -2.11. The van der Waals surface area contributed by atoms with Gasteiger partial charge in [0.25, 0.3) is 6.47 Å². The second-order valence-electron chi connectivity index (χ2n) is 2.64. The summed E-state index contributed by atoms with van der Waals surface area (Å²) in [6, 6.07) is -0.372. The van der Waals surface area contributed by atoms with E-state index in [4.69, 9.17) is 0 Å². The van der Waals surface area contributed by atoms with E-state index in [1.54, 1.807) is 0 Å². The molecule has 0 aromatic rings. The molecular weight excluding hydrogens is 240 g/mol. The van der Waals surface area contributed by atoms with E-state index in [0.29, 0.717) is 18.0 Å². The van der Waals surface area contributed by atoms with Crippen LogP contribution in [0.1, 0.15) is 0 Å². The quantitative estimate of drug-likeness (QED) is 0.169. The molecule has 0 heterocycles. The van der Waals surface area contributed by atoms with Crippen LogP contribution in [0.5, 0.6) is 0 Å². The maximum Gasteiger partial charge on any atom is 0.365 e. The molecule has 0 radical (unpaired) electrons. The topological polar surface area (TPSA) is 108 Å². The van der Waals surface area contributed by atoms with Crippen molar-refractivity contribution in [2.45, 2.75) is 12.3 Å². The average Bonchev–Trinajstić information content (AvgIpc) is 2.23. The first-order valence-corrected chi connectivity index (χ1v) is 6.68. The van der Waals surface area contributed by atoms with Crippen molar-refractivity contribution < 1.29 is 30.5 Å². The highest BCUT2D eigenvalue weighted by atomic mass is 33.1. The number of carbonyl (C=O) groups is 2. The Balaban J connectivity index is 3.45. The van der Waals surface area contributed by atoms with Gasteiger partial charge in [0.2, 0.25) is 6.23 Å². The Morgan fingerprint density at radius 2 is 2.00 bits per heavy atom. The standard InChI is InChI=1S/C7H14N2O4S2/c1-12-7(11)5(8)2-14-15-3-6(9)13-4-10/h4-6H,2-3,8-9H2,1H3/p+2. The van der Waals surface area contributed by atoms with Crippen LogP contribution in [-0.4, -0.2) is 43.3 Å². The van der Waals surface area contributed by atoms with Gasteiger partial charge in [0.15, 0.2) is 6.04 Å². The molecule has 2 unspecified atom stereocenters. The van der Waals surface area contributed by atoms with Crippen molar-refractivity contribution in [3.8, 4) is 0 Å². The highest BCUT2D eigenvalue weighted by Gasteiger charge is 2.18. The van der Waals surface area contributed by atoms with E-state index in [-0.39, 0.29) is 18.2 Å². The Morgan fingerprint density at radius 3 is 2.53 bits per heavy atom. The monoisotopic (exact) mass is 256 g/mol. The van der Waals surface area contributed by atoms with Crippen molar-refractivity contribution >= 4 is 34.0 Å². The average molecular weight is 256 g/mol. The van der Waals surface area contributed by atoms with Crippen molar-refractivity contribution in [2.75, 3.05) is 18.6 Å². The molecule has 0 spiro atoms. The highest BCUT2D eigenvalue weighted by Crippen LogP contribution is 2.21. The molecule has 0 saturated heterocycles. The van der Waals surface area contributed by atoms with Crippen molar-refractivity contribution in [1.29, 1.82) is 0 Å². The smallest absolute Gasteiger partial charge is 0.365 e. The molecule has 0 fully saturated rings. The highest BCUT2D eigenvalue weighted by molar-refractivity contribution is 8.76. The van der Waals surface area contributed by atoms with Crippen LogP contribution in [0.4, 0.5) is 0 Å². The van der Waals surface area contributed by atoms with Crippen molar-refractivity contribution in [1.82, 2.24) is 0 Å². The third-order valence-corrected chi connectivity index (χ3v) is 3.92. The minimum absolute atomic E-state index is 0.321. The number of quaternary nitrogens is 2. The summed E-state index contributed by atoms with van der Waals surface area (Å²) in [6.07, 6.45) is -0.360. The van der Waals surface area contributed by atoms with Crippen molar-refractivity contribution in [3.05, 3.63) is 0 Å². The predicted molar refractivity (Wildman–Crippen MR) is 57.4 cm³/mol. The van der Waals surface area contributed by atoms with Gasteiger partial charge in [0.1, 0.15) is 0 Å². The molecule has 88 valence electrons. The lowest BCUT2D eigenvalue weighted by atomic mass is 10.4. The summed E-state index contributed by atoms with van der Waals surface area (Å²) >= 11 is 0. The van der Waals surface area contributed by atoms with E-state index >= 15 is 0 Å². The molecule has 0 bridgehead atoms. The van der Waals surface area contributed by atoms with Crippen LogP contribution in [-0.2, 0) is 19.1 Å². The van der Waals surface area contributed by atoms with Gasteiger partial charge in [-0.15, -0.1) is 0 Å². The van der Waals surface area contributed by atoms with Gasteiger partial charge in [-0.05, 0) is 0 Å². The van der Waals surface area contributed by atoms with Crippen LogP contribution in [0, 0.1) is 0 Å². The Morgan fingerprint density at radius 1 is 1.40 bits per heavy atom. The summed E-state index contributed by atoms with van der Waals surface area (Å²) < 4.78 is 9.11. The van der Waals surface area contributed by atoms with Crippen LogP contribution in [0.15, 0.2) is 0 Å². The Labute approximate surface area is 95.8 Å². The molecule has 0 aromatic heterocycles. The summed E-state index contributed by atoms with van der Waals surface area (Å²) in [5.41, 5.74) is 7.25. The van der Waals surface area contributed by atoms with Crippen LogP contribution < -0.4 is 11.5 Å². The first-order chi connectivity index (χ1) is 7.11. The minimum atomic E-state index is -0.372. The summed E-state index contributed by atoms with van der Waals surface area (Å²) in [7, 11) is 4.29. The Hall–Kier alpha value is -0.440. The Bertz CT molecular complexity index is 205. The van der Waals surface area contributed by atoms with Gasteiger partial charge < -0.3 is 20.9 Å². The minimum Gasteiger partial charge on any atom is -0.465 e. The van der Waals surface area contributed by atoms with Gasteiger partial charge in [0.05, 0.1) is 18.6 Å². The fourth-order valence-electron chi connectivity index (χ4n) is 0.607. The number of methoxy groups -OCH3 is 1. The van der Waals surface area contributed by atoms with E-state index in [1.165, 1.54) is 28.7 Å². The second-order valence-corrected chi connectivity index (χ2v) is 5.20. The zero-order valence-corrected chi connectivity index (χ0v) is 10.1. The lowest BCUT2D eigenvalue weighted by molar-refractivity contribution is -0.470. The van der Waals surface area contributed by atoms with Gasteiger partial charge in [-0.1, -0.05) is 21.6 Å². The molecule has 6 nitrogen and oxygen atoms in total. The number of hydrogen-bond donors (Lipinski definition) is 2. The van der Waals surface area contributed by atoms with Crippen molar-refractivity contribution in [3.63, 3.8) is 0 Å². The third-order valence-electron chi connectivity index (χ3n) is 1.39. The molecule has 6 N–H and O–H groups in total. The fourth-order valence-corrected chi connectivity index (χ4v) is 2.86. The van der Waals surface area contributed by atoms with Gasteiger partial charge in [-0.3, -0.25) is 4.79 Å². The van der Waals surface area contributed by atoms with E-state index < -0.39 is 0 Å². The van der Waals surface area contributed by atoms with Gasteiger partial charge in [0, 0.05) is 0 Å². The molecule has 0 aliphatic carbocycles. The first kappa shape index (κ1) is 14.6. The van der Waals surface area contributed by atoms with Crippen LogP contribution in [0.25, 0.3) is 0 Å². The van der Waals surface area contributed by atoms with E-state index in [0.717, 1.165) is 0 Å². The number of hydrogen-bond acceptors (Lipinski definition) is 6. The van der Waals surface area contributed by atoms with Crippen molar-refractivity contribution in [2.24, 2.45) is 0 Å². The molecule has 0 amide bonds. The molecule has 0 rings (SSSR count). The molecule has 8 heteroatoms. The van der Waals surface area contributed by atoms with E-state index in [2.05, 4.69) is 20.9 Å². The lowest BCUT2D eigenvalue weighted by Crippen LogP contribution is -2.66. The van der Waals surface area contributed by atoms with Crippen LogP contribution in [0.2, 0.25) is 0 Å². The fraction of sp³-hybridized carbons (Fsp3) is 0.714. The van der Waals surface area contributed by atoms with E-state index in [9.17, 15) is 9.59 Å². The second kappa shape index (κ2) is 8.84. The summed E-state index contributed by atoms with van der Waals surface area (Å²) in [6.45, 7) is 0.377. The zero-order chi connectivity index (χ0) is 11.7. The van der Waals surface area contributed by atoms with Crippen LogP contribution in [0.3, 0.4) is 0 Å². The van der Waals surface area contributed by atoms with Gasteiger partial charge >= 0.3 is 5.97 Å². The Kier molecular flexibility index (Phi) is 8.58. The molecular formula is C7H16N2O4S2+2. The number of ether oxygens (including phenoxy) is 2. The van der Waals surface area contributed by atoms with E-state index in [1.807, 2.05) is 0 Å². The lowest BCUT2D eigenvalue weighted by Gasteiger charge is -2.06. The van der Waals surface area contributed by atoms with Gasteiger partial charge in [-0.2, -0.15) is 0 Å². The normalized spacial score (nSPS) is 14.1. The van der Waals surface area contributed by atoms with Gasteiger partial charge in [-0.25, -0.2) is 4.79 Å². The number of esters is 1. The summed E-state index contributed by atoms with van der Waals surface area (Å²) in [5.74, 6) is 0.820. The molecule has 2 atom stereocenters. The molecule has 0 aromatic carbocycles. The maximum absolute atomic E-state index is 11.0. The molecule has 15 heavy (non-hydrogen) atoms. The maximum atomic E-state index is 11.0. The molecule has 0 aliphatic rings. The molecule has 0 saturated carbocycles. The zero-order valence-electron chi connectivity index (χ0n) is 8.51. The SMILES string of the molecule is COC(=O)C([NH3+])CSSCC([NH3+])OC=O. The summed E-state index contributed by atoms with van der Waals surface area (Å²) in [5, 5.41) is 0. The summed E-state index contributed by atoms with van der Waals surface area (Å²) in [4.78, 5) is 20.9. The largest absolute Gasteiger partial charge is 0.465 e. The third kappa shape index (κ3) is 7.48. The van der Waals surface area contributed by atoms with Crippen LogP contribution >= 0.6 is 21.6 Å². The number of carbonyl (C=O) groups excluding carboxylic acids is 2. The first-order valence-electron chi connectivity index (χ1n) is 4.19.